The van der Waals surface area contributed by atoms with Crippen LogP contribution in [0.1, 0.15) is 0 Å². The van der Waals surface area contributed by atoms with Crippen LogP contribution in [-0.2, 0) is 9.53 Å². The minimum absolute atomic E-state index is 0.282. The molecule has 4 N–H and O–H groups in total. The SMILES string of the molecule is CNC1=N[C@@H]2[C@@H](O)[C@H](O)[C@H](N(C)CC(=O)O)O[C@@H]2S1. The topological polar surface area (TPSA) is 115 Å². The molecule has 5 atom stereocenters. The second-order valence-electron chi connectivity index (χ2n) is 4.48. The number of aliphatic carboxylic acids is 1. The summed E-state index contributed by atoms with van der Waals surface area (Å²) in [6.45, 7) is -0.282. The molecule has 0 aromatic carbocycles. The summed E-state index contributed by atoms with van der Waals surface area (Å²) in [7, 11) is 3.23. The molecule has 2 heterocycles. The van der Waals surface area contributed by atoms with Gasteiger partial charge in [0.1, 0.15) is 29.9 Å². The van der Waals surface area contributed by atoms with Gasteiger partial charge in [0.15, 0.2) is 5.17 Å². The molecule has 0 aromatic rings. The fourth-order valence-corrected chi connectivity index (χ4v) is 3.18. The number of amidine groups is 1. The molecule has 1 fully saturated rings. The van der Waals surface area contributed by atoms with Crippen molar-refractivity contribution in [1.29, 1.82) is 0 Å². The molecule has 1 saturated heterocycles. The molecule has 0 amide bonds. The van der Waals surface area contributed by atoms with Gasteiger partial charge >= 0.3 is 5.97 Å². The Morgan fingerprint density at radius 1 is 1.53 bits per heavy atom. The number of aliphatic hydroxyl groups is 2. The van der Waals surface area contributed by atoms with E-state index in [1.807, 2.05) is 0 Å². The summed E-state index contributed by atoms with van der Waals surface area (Å²) in [5.41, 5.74) is -0.429. The molecule has 0 saturated carbocycles. The Labute approximate surface area is 114 Å². The quantitative estimate of drug-likeness (QED) is 0.476. The maximum atomic E-state index is 10.7. The van der Waals surface area contributed by atoms with Gasteiger partial charge in [0.25, 0.3) is 0 Å². The first-order chi connectivity index (χ1) is 8.93. The summed E-state index contributed by atoms with van der Waals surface area (Å²) in [6.07, 6.45) is -3.16. The van der Waals surface area contributed by atoms with Crippen LogP contribution in [0.15, 0.2) is 4.99 Å². The molecule has 2 aliphatic rings. The van der Waals surface area contributed by atoms with Gasteiger partial charge in [-0.1, -0.05) is 11.8 Å². The smallest absolute Gasteiger partial charge is 0.317 e. The number of likely N-dealkylation sites (N-methyl/N-ethyl adjacent to an activating group) is 1. The number of carbonyl (C=O) groups is 1. The average molecular weight is 291 g/mol. The van der Waals surface area contributed by atoms with Crippen LogP contribution in [0.25, 0.3) is 0 Å². The van der Waals surface area contributed by atoms with Crippen molar-refractivity contribution in [3.63, 3.8) is 0 Å². The van der Waals surface area contributed by atoms with E-state index in [2.05, 4.69) is 10.3 Å². The molecule has 19 heavy (non-hydrogen) atoms. The summed E-state index contributed by atoms with van der Waals surface area (Å²) >= 11 is 1.31. The monoisotopic (exact) mass is 291 g/mol. The summed E-state index contributed by atoms with van der Waals surface area (Å²) in [6, 6.07) is -0.545. The fourth-order valence-electron chi connectivity index (χ4n) is 2.13. The van der Waals surface area contributed by atoms with Gasteiger partial charge in [0, 0.05) is 7.05 Å². The lowest BCUT2D eigenvalue weighted by atomic mass is 10.0. The summed E-state index contributed by atoms with van der Waals surface area (Å²) in [4.78, 5) is 16.3. The number of nitrogens with zero attached hydrogens (tertiary/aromatic N) is 2. The maximum absolute atomic E-state index is 10.7. The highest BCUT2D eigenvalue weighted by molar-refractivity contribution is 8.14. The molecule has 0 unspecified atom stereocenters. The van der Waals surface area contributed by atoms with E-state index in [1.54, 1.807) is 7.05 Å². The number of carboxylic acids is 1. The molecule has 0 radical (unpaired) electrons. The van der Waals surface area contributed by atoms with Crippen molar-refractivity contribution in [2.75, 3.05) is 20.6 Å². The van der Waals surface area contributed by atoms with E-state index in [9.17, 15) is 15.0 Å². The number of carboxylic acid groups (broad SMARTS) is 1. The van der Waals surface area contributed by atoms with Crippen LogP contribution < -0.4 is 5.32 Å². The van der Waals surface area contributed by atoms with Crippen LogP contribution in [0.2, 0.25) is 0 Å². The lowest BCUT2D eigenvalue weighted by Crippen LogP contribution is -2.60. The molecule has 0 aliphatic carbocycles. The number of ether oxygens (including phenoxy) is 1. The minimum Gasteiger partial charge on any atom is -0.480 e. The predicted molar refractivity (Wildman–Crippen MR) is 68.8 cm³/mol. The second-order valence-corrected chi connectivity index (χ2v) is 5.56. The van der Waals surface area contributed by atoms with Gasteiger partial charge in [-0.05, 0) is 7.05 Å². The molecule has 8 nitrogen and oxygen atoms in total. The molecular weight excluding hydrogens is 274 g/mol. The largest absolute Gasteiger partial charge is 0.480 e. The van der Waals surface area contributed by atoms with E-state index in [1.165, 1.54) is 23.7 Å². The molecule has 2 rings (SSSR count). The van der Waals surface area contributed by atoms with Gasteiger partial charge in [-0.3, -0.25) is 14.7 Å². The van der Waals surface area contributed by atoms with Crippen LogP contribution in [0.3, 0.4) is 0 Å². The molecule has 0 aromatic heterocycles. The van der Waals surface area contributed by atoms with Crippen molar-refractivity contribution in [2.24, 2.45) is 4.99 Å². The van der Waals surface area contributed by atoms with Crippen molar-refractivity contribution >= 4 is 22.9 Å². The standard InChI is InChI=1S/C10H17N3O5S/c1-11-10-12-5-6(16)7(17)8(18-9(5)19-10)13(2)3-4(14)15/h5-9,16-17H,3H2,1-2H3,(H,11,12)(H,14,15)/t5-,6-,7+,8-,9-/m1/s1. The average Bonchev–Trinajstić information content (AvgIpc) is 2.76. The number of fused-ring (bicyclic) bond motifs is 1. The van der Waals surface area contributed by atoms with Crippen LogP contribution in [0.5, 0.6) is 0 Å². The van der Waals surface area contributed by atoms with Gasteiger partial charge in [0.2, 0.25) is 0 Å². The Morgan fingerprint density at radius 2 is 2.21 bits per heavy atom. The first kappa shape index (κ1) is 14.5. The van der Waals surface area contributed by atoms with Crippen molar-refractivity contribution in [2.45, 2.75) is 29.9 Å². The summed E-state index contributed by atoms with van der Waals surface area (Å²) < 4.78 is 5.65. The van der Waals surface area contributed by atoms with Crippen LogP contribution in [-0.4, -0.2) is 81.9 Å². The van der Waals surface area contributed by atoms with E-state index in [0.717, 1.165) is 0 Å². The number of hydrogen-bond donors (Lipinski definition) is 4. The van der Waals surface area contributed by atoms with E-state index in [0.29, 0.717) is 5.17 Å². The molecule has 108 valence electrons. The summed E-state index contributed by atoms with van der Waals surface area (Å²) in [5.74, 6) is -1.03. The Kier molecular flexibility index (Phi) is 4.31. The third-order valence-electron chi connectivity index (χ3n) is 3.07. The number of hydrogen-bond acceptors (Lipinski definition) is 8. The zero-order valence-corrected chi connectivity index (χ0v) is 11.4. The van der Waals surface area contributed by atoms with Crippen molar-refractivity contribution in [3.05, 3.63) is 0 Å². The minimum atomic E-state index is -1.20. The van der Waals surface area contributed by atoms with Crippen molar-refractivity contribution in [1.82, 2.24) is 10.2 Å². The van der Waals surface area contributed by atoms with E-state index in [-0.39, 0.29) is 6.54 Å². The van der Waals surface area contributed by atoms with Gasteiger partial charge < -0.3 is 25.4 Å². The van der Waals surface area contributed by atoms with E-state index in [4.69, 9.17) is 9.84 Å². The number of aliphatic hydroxyl groups excluding tert-OH is 2. The number of thioether (sulfide) groups is 1. The zero-order chi connectivity index (χ0) is 14.2. The van der Waals surface area contributed by atoms with Crippen LogP contribution in [0.4, 0.5) is 0 Å². The van der Waals surface area contributed by atoms with E-state index < -0.39 is 35.9 Å². The Morgan fingerprint density at radius 3 is 2.79 bits per heavy atom. The molecule has 0 bridgehead atoms. The van der Waals surface area contributed by atoms with Gasteiger partial charge in [-0.25, -0.2) is 0 Å². The highest BCUT2D eigenvalue weighted by Gasteiger charge is 2.49. The van der Waals surface area contributed by atoms with Crippen molar-refractivity contribution < 1.29 is 24.9 Å². The molecular formula is C10H17N3O5S. The van der Waals surface area contributed by atoms with Gasteiger partial charge in [-0.2, -0.15) is 0 Å². The normalized spacial score (nSPS) is 37.9. The molecule has 9 heteroatoms. The Balaban J connectivity index is 2.09. The second kappa shape index (κ2) is 5.63. The fraction of sp³-hybridized carbons (Fsp3) is 0.800. The van der Waals surface area contributed by atoms with Gasteiger partial charge in [0.05, 0.1) is 6.54 Å². The van der Waals surface area contributed by atoms with Crippen LogP contribution in [0, 0.1) is 0 Å². The maximum Gasteiger partial charge on any atom is 0.317 e. The first-order valence-electron chi connectivity index (χ1n) is 5.80. The summed E-state index contributed by atoms with van der Waals surface area (Å²) in [5, 5.41) is 32.3. The first-order valence-corrected chi connectivity index (χ1v) is 6.68. The van der Waals surface area contributed by atoms with Crippen LogP contribution >= 0.6 is 11.8 Å². The molecule has 2 aliphatic heterocycles. The number of aliphatic imine (C=N–C) groups is 1. The third-order valence-corrected chi connectivity index (χ3v) is 4.23. The van der Waals surface area contributed by atoms with Crippen molar-refractivity contribution in [3.8, 4) is 0 Å². The highest BCUT2D eigenvalue weighted by Crippen LogP contribution is 2.36. The Bertz CT molecular complexity index is 393. The zero-order valence-electron chi connectivity index (χ0n) is 10.6. The predicted octanol–water partition coefficient (Wildman–Crippen LogP) is -1.90. The number of nitrogens with one attached hydrogen (secondary N) is 1. The highest BCUT2D eigenvalue weighted by atomic mass is 32.2. The van der Waals surface area contributed by atoms with Gasteiger partial charge in [-0.15, -0.1) is 0 Å². The number of rotatable bonds is 3. The Hall–Kier alpha value is -0.870. The third kappa shape index (κ3) is 2.84. The lowest BCUT2D eigenvalue weighted by molar-refractivity contribution is -0.202. The molecule has 0 spiro atoms. The lowest BCUT2D eigenvalue weighted by Gasteiger charge is -2.41. The van der Waals surface area contributed by atoms with E-state index >= 15 is 0 Å².